The summed E-state index contributed by atoms with van der Waals surface area (Å²) in [6.45, 7) is 2.06. The van der Waals surface area contributed by atoms with Crippen LogP contribution in [0.1, 0.15) is 29.7 Å². The second-order valence-electron chi connectivity index (χ2n) is 7.09. The monoisotopic (exact) mass is 402 g/mol. The molecule has 5 heteroatoms. The molecule has 2 amide bonds. The maximum Gasteiger partial charge on any atom is 0.408 e. The summed E-state index contributed by atoms with van der Waals surface area (Å²) in [5.41, 5.74) is 2.83. The Hall–Kier alpha value is -3.60. The van der Waals surface area contributed by atoms with Crippen molar-refractivity contribution in [1.29, 1.82) is 0 Å². The van der Waals surface area contributed by atoms with Crippen molar-refractivity contribution in [1.82, 2.24) is 10.6 Å². The van der Waals surface area contributed by atoms with Crippen molar-refractivity contribution in [2.75, 3.05) is 0 Å². The number of hydrogen-bond donors (Lipinski definition) is 2. The normalized spacial score (nSPS) is 12.4. The van der Waals surface area contributed by atoms with Crippen molar-refractivity contribution in [3.05, 3.63) is 108 Å². The predicted octanol–water partition coefficient (Wildman–Crippen LogP) is 4.40. The van der Waals surface area contributed by atoms with Gasteiger partial charge in [-0.3, -0.25) is 4.79 Å². The van der Waals surface area contributed by atoms with Crippen molar-refractivity contribution in [3.63, 3.8) is 0 Å². The quantitative estimate of drug-likeness (QED) is 0.587. The highest BCUT2D eigenvalue weighted by Crippen LogP contribution is 2.12. The van der Waals surface area contributed by atoms with Crippen LogP contribution >= 0.6 is 0 Å². The molecule has 0 bridgehead atoms. The van der Waals surface area contributed by atoms with Gasteiger partial charge >= 0.3 is 6.09 Å². The molecule has 2 atom stereocenters. The molecule has 0 spiro atoms. The van der Waals surface area contributed by atoms with Gasteiger partial charge in [0.2, 0.25) is 5.91 Å². The number of carbonyl (C=O) groups is 2. The third-order valence-electron chi connectivity index (χ3n) is 4.76. The van der Waals surface area contributed by atoms with E-state index in [1.807, 2.05) is 97.9 Å². The van der Waals surface area contributed by atoms with E-state index in [2.05, 4.69) is 10.6 Å². The molecule has 0 saturated carbocycles. The summed E-state index contributed by atoms with van der Waals surface area (Å²) in [5.74, 6) is -0.258. The first kappa shape index (κ1) is 21.1. The summed E-state index contributed by atoms with van der Waals surface area (Å²) in [6, 6.07) is 27.8. The van der Waals surface area contributed by atoms with Crippen molar-refractivity contribution >= 4 is 12.0 Å². The Morgan fingerprint density at radius 3 is 1.90 bits per heavy atom. The average Bonchev–Trinajstić information content (AvgIpc) is 2.79. The Kier molecular flexibility index (Phi) is 7.61. The molecule has 0 aliphatic rings. The summed E-state index contributed by atoms with van der Waals surface area (Å²) in [6.07, 6.45) is -0.253. The summed E-state index contributed by atoms with van der Waals surface area (Å²) in [7, 11) is 0. The molecule has 3 aromatic carbocycles. The third-order valence-corrected chi connectivity index (χ3v) is 4.76. The first-order valence-corrected chi connectivity index (χ1v) is 9.98. The molecule has 0 aromatic heterocycles. The highest BCUT2D eigenvalue weighted by molar-refractivity contribution is 5.86. The second-order valence-corrected chi connectivity index (χ2v) is 7.09. The predicted molar refractivity (Wildman–Crippen MR) is 117 cm³/mol. The van der Waals surface area contributed by atoms with Crippen LogP contribution in [0.15, 0.2) is 91.0 Å². The Labute approximate surface area is 177 Å². The number of hydrogen-bond acceptors (Lipinski definition) is 3. The van der Waals surface area contributed by atoms with E-state index >= 15 is 0 Å². The van der Waals surface area contributed by atoms with Gasteiger partial charge in [-0.25, -0.2) is 4.79 Å². The largest absolute Gasteiger partial charge is 0.445 e. The Balaban J connectivity index is 1.64. The molecule has 0 unspecified atom stereocenters. The molecule has 30 heavy (non-hydrogen) atoms. The number of carbonyl (C=O) groups excluding carboxylic acids is 2. The van der Waals surface area contributed by atoms with Gasteiger partial charge in [0.05, 0.1) is 6.04 Å². The molecule has 3 rings (SSSR count). The van der Waals surface area contributed by atoms with E-state index in [1.165, 1.54) is 0 Å². The fraction of sp³-hybridized carbons (Fsp3) is 0.200. The zero-order valence-electron chi connectivity index (χ0n) is 17.0. The maximum absolute atomic E-state index is 13.0. The van der Waals surface area contributed by atoms with Gasteiger partial charge in [0, 0.05) is 6.42 Å². The van der Waals surface area contributed by atoms with Gasteiger partial charge in [-0.15, -0.1) is 0 Å². The fourth-order valence-electron chi connectivity index (χ4n) is 3.11. The number of rotatable bonds is 8. The molecular weight excluding hydrogens is 376 g/mol. The van der Waals surface area contributed by atoms with Crippen molar-refractivity contribution in [2.45, 2.75) is 32.0 Å². The molecule has 0 aliphatic carbocycles. The minimum atomic E-state index is -0.748. The number of amides is 2. The van der Waals surface area contributed by atoms with Gasteiger partial charge in [0.15, 0.2) is 0 Å². The topological polar surface area (TPSA) is 67.4 Å². The highest BCUT2D eigenvalue weighted by atomic mass is 16.5. The molecule has 0 radical (unpaired) electrons. The van der Waals surface area contributed by atoms with E-state index in [4.69, 9.17) is 4.74 Å². The first-order valence-electron chi connectivity index (χ1n) is 9.98. The minimum Gasteiger partial charge on any atom is -0.445 e. The number of nitrogens with one attached hydrogen (secondary N) is 2. The first-order chi connectivity index (χ1) is 14.6. The Morgan fingerprint density at radius 2 is 1.30 bits per heavy atom. The number of alkyl carbamates (subject to hydrolysis) is 1. The highest BCUT2D eigenvalue weighted by Gasteiger charge is 2.23. The fourth-order valence-corrected chi connectivity index (χ4v) is 3.11. The van der Waals surface area contributed by atoms with Crippen LogP contribution in [-0.2, 0) is 22.6 Å². The van der Waals surface area contributed by atoms with Gasteiger partial charge in [0.1, 0.15) is 12.6 Å². The molecule has 2 N–H and O–H groups in total. The molecule has 5 nitrogen and oxygen atoms in total. The lowest BCUT2D eigenvalue weighted by Gasteiger charge is -2.21. The van der Waals surface area contributed by atoms with Crippen molar-refractivity contribution < 1.29 is 14.3 Å². The zero-order chi connectivity index (χ0) is 21.2. The molecule has 154 valence electrons. The van der Waals surface area contributed by atoms with Crippen LogP contribution in [0.5, 0.6) is 0 Å². The van der Waals surface area contributed by atoms with E-state index in [0.717, 1.165) is 16.7 Å². The standard InChI is InChI=1S/C25H26N2O3/c1-19(22-15-9-4-10-16-22)26-24(28)23(17-20-11-5-2-6-12-20)27-25(29)30-18-21-13-7-3-8-14-21/h2-16,19,23H,17-18H2,1H3,(H,26,28)(H,27,29)/t19-,23+/m0/s1. The maximum atomic E-state index is 13.0. The molecule has 0 aliphatic heterocycles. The van der Waals surface area contributed by atoms with Gasteiger partial charge in [-0.05, 0) is 23.6 Å². The molecular formula is C25H26N2O3. The minimum absolute atomic E-state index is 0.146. The van der Waals surface area contributed by atoms with Crippen LogP contribution in [0.4, 0.5) is 4.79 Å². The second kappa shape index (κ2) is 10.8. The SMILES string of the molecule is C[C@H](NC(=O)[C@@H](Cc1ccccc1)NC(=O)OCc1ccccc1)c1ccccc1. The summed E-state index contributed by atoms with van der Waals surface area (Å²) >= 11 is 0. The summed E-state index contributed by atoms with van der Waals surface area (Å²) in [4.78, 5) is 25.3. The lowest BCUT2D eigenvalue weighted by atomic mass is 10.0. The Morgan fingerprint density at radius 1 is 0.767 bits per heavy atom. The van der Waals surface area contributed by atoms with Crippen LogP contribution in [0.3, 0.4) is 0 Å². The lowest BCUT2D eigenvalue weighted by Crippen LogP contribution is -2.48. The van der Waals surface area contributed by atoms with E-state index in [0.29, 0.717) is 6.42 Å². The zero-order valence-corrected chi connectivity index (χ0v) is 17.0. The van der Waals surface area contributed by atoms with Crippen molar-refractivity contribution in [2.24, 2.45) is 0 Å². The van der Waals surface area contributed by atoms with E-state index in [1.54, 1.807) is 0 Å². The average molecular weight is 402 g/mol. The molecule has 0 saturated heterocycles. The van der Waals surface area contributed by atoms with Gasteiger partial charge in [0.25, 0.3) is 0 Å². The van der Waals surface area contributed by atoms with E-state index in [9.17, 15) is 9.59 Å². The van der Waals surface area contributed by atoms with Crippen LogP contribution in [0.25, 0.3) is 0 Å². The van der Waals surface area contributed by atoms with Crippen LogP contribution in [0.2, 0.25) is 0 Å². The third kappa shape index (κ3) is 6.48. The molecule has 0 heterocycles. The molecule has 3 aromatic rings. The lowest BCUT2D eigenvalue weighted by molar-refractivity contribution is -0.123. The summed E-state index contributed by atoms with van der Waals surface area (Å²) in [5, 5.41) is 5.71. The Bertz CT molecular complexity index is 930. The number of ether oxygens (including phenoxy) is 1. The van der Waals surface area contributed by atoms with Crippen LogP contribution < -0.4 is 10.6 Å². The number of benzene rings is 3. The smallest absolute Gasteiger partial charge is 0.408 e. The van der Waals surface area contributed by atoms with Crippen molar-refractivity contribution in [3.8, 4) is 0 Å². The van der Waals surface area contributed by atoms with Gasteiger partial charge in [-0.1, -0.05) is 91.0 Å². The molecule has 0 fully saturated rings. The van der Waals surface area contributed by atoms with Crippen LogP contribution in [-0.4, -0.2) is 18.0 Å². The van der Waals surface area contributed by atoms with E-state index in [-0.39, 0.29) is 18.6 Å². The van der Waals surface area contributed by atoms with E-state index < -0.39 is 12.1 Å². The van der Waals surface area contributed by atoms with Gasteiger partial charge < -0.3 is 15.4 Å². The summed E-state index contributed by atoms with van der Waals surface area (Å²) < 4.78 is 5.31. The van der Waals surface area contributed by atoms with Gasteiger partial charge in [-0.2, -0.15) is 0 Å². The van der Waals surface area contributed by atoms with Crippen LogP contribution in [0, 0.1) is 0 Å².